The fraction of sp³-hybridized carbons (Fsp3) is 0.389. The minimum absolute atomic E-state index is 0.115. The molecule has 1 atom stereocenters. The number of hydrogen-bond acceptors (Lipinski definition) is 6. The van der Waals surface area contributed by atoms with E-state index in [2.05, 4.69) is 10.3 Å². The molecule has 1 N–H and O–H groups in total. The van der Waals surface area contributed by atoms with Crippen molar-refractivity contribution in [1.29, 1.82) is 0 Å². The molecule has 0 unspecified atom stereocenters. The van der Waals surface area contributed by atoms with Gasteiger partial charge in [-0.25, -0.2) is 14.6 Å². The third-order valence-electron chi connectivity index (χ3n) is 4.81. The highest BCUT2D eigenvalue weighted by Crippen LogP contribution is 2.17. The largest absolute Gasteiger partial charge is 0.449 e. The van der Waals surface area contributed by atoms with Gasteiger partial charge in [-0.15, -0.1) is 0 Å². The van der Waals surface area contributed by atoms with Crippen molar-refractivity contribution in [3.8, 4) is 0 Å². The summed E-state index contributed by atoms with van der Waals surface area (Å²) in [6.07, 6.45) is 0.496. The molecule has 2 aromatic rings. The van der Waals surface area contributed by atoms with Crippen LogP contribution in [0.4, 0.5) is 4.79 Å². The van der Waals surface area contributed by atoms with Crippen LogP contribution in [0.2, 0.25) is 0 Å². The van der Waals surface area contributed by atoms with Gasteiger partial charge in [-0.1, -0.05) is 0 Å². The minimum atomic E-state index is -1.10. The van der Waals surface area contributed by atoms with Crippen LogP contribution in [0.1, 0.15) is 29.5 Å². The maximum atomic E-state index is 12.5. The van der Waals surface area contributed by atoms with Crippen molar-refractivity contribution in [3.05, 3.63) is 39.9 Å². The molecular weight excluding hydrogens is 352 g/mol. The number of aryl methyl sites for hydroxylation is 1. The molecule has 140 valence electrons. The lowest BCUT2D eigenvalue weighted by molar-refractivity contribution is -0.136. The summed E-state index contributed by atoms with van der Waals surface area (Å²) >= 11 is 0. The molecule has 9 heteroatoms. The molecule has 0 bridgehead atoms. The number of aromatic nitrogens is 2. The fourth-order valence-corrected chi connectivity index (χ4v) is 3.39. The summed E-state index contributed by atoms with van der Waals surface area (Å²) in [7, 11) is 0. The maximum Gasteiger partial charge on any atom is 0.338 e. The lowest BCUT2D eigenvalue weighted by Gasteiger charge is -2.18. The molecule has 0 spiro atoms. The van der Waals surface area contributed by atoms with Gasteiger partial charge in [0.15, 0.2) is 6.10 Å². The number of carbonyl (C=O) groups excluding carboxylic acids is 3. The Balaban J connectivity index is 1.56. The van der Waals surface area contributed by atoms with Gasteiger partial charge in [0.2, 0.25) is 0 Å². The smallest absolute Gasteiger partial charge is 0.338 e. The van der Waals surface area contributed by atoms with Gasteiger partial charge in [0.1, 0.15) is 5.82 Å². The summed E-state index contributed by atoms with van der Waals surface area (Å²) in [5, 5.41) is 2.96. The molecule has 9 nitrogen and oxygen atoms in total. The second kappa shape index (κ2) is 6.49. The first kappa shape index (κ1) is 17.2. The zero-order chi connectivity index (χ0) is 19.1. The van der Waals surface area contributed by atoms with Crippen LogP contribution in [0.25, 0.3) is 10.9 Å². The van der Waals surface area contributed by atoms with Crippen molar-refractivity contribution in [2.24, 2.45) is 0 Å². The molecule has 1 aromatic heterocycles. The minimum Gasteiger partial charge on any atom is -0.449 e. The van der Waals surface area contributed by atoms with E-state index in [0.29, 0.717) is 29.8 Å². The molecule has 4 rings (SSSR count). The number of nitrogens with zero attached hydrogens (tertiary/aromatic N) is 3. The topological polar surface area (TPSA) is 111 Å². The molecule has 3 amide bonds. The zero-order valence-electron chi connectivity index (χ0n) is 14.7. The molecule has 0 radical (unpaired) electrons. The van der Waals surface area contributed by atoms with Crippen molar-refractivity contribution in [2.45, 2.75) is 32.4 Å². The van der Waals surface area contributed by atoms with Gasteiger partial charge < -0.3 is 10.1 Å². The van der Waals surface area contributed by atoms with Crippen LogP contribution in [0.15, 0.2) is 23.0 Å². The number of hydrogen-bond donors (Lipinski definition) is 1. The van der Waals surface area contributed by atoms with E-state index in [4.69, 9.17) is 4.74 Å². The number of esters is 1. The van der Waals surface area contributed by atoms with E-state index in [1.165, 1.54) is 19.1 Å². The molecule has 27 heavy (non-hydrogen) atoms. The van der Waals surface area contributed by atoms with Crippen LogP contribution in [-0.4, -0.2) is 51.6 Å². The Bertz CT molecular complexity index is 1030. The van der Waals surface area contributed by atoms with Crippen LogP contribution < -0.4 is 10.9 Å². The zero-order valence-corrected chi connectivity index (χ0v) is 14.7. The summed E-state index contributed by atoms with van der Waals surface area (Å²) < 4.78 is 6.86. The molecule has 3 heterocycles. The first-order chi connectivity index (χ1) is 13.0. The van der Waals surface area contributed by atoms with Crippen LogP contribution in [0.3, 0.4) is 0 Å². The number of nitrogens with one attached hydrogen (secondary N) is 1. The Morgan fingerprint density at radius 2 is 2.07 bits per heavy atom. The van der Waals surface area contributed by atoms with Gasteiger partial charge in [-0.3, -0.25) is 19.1 Å². The lowest BCUT2D eigenvalue weighted by atomic mass is 10.1. The highest BCUT2D eigenvalue weighted by Gasteiger charge is 2.31. The van der Waals surface area contributed by atoms with Gasteiger partial charge in [0.05, 0.1) is 16.5 Å². The molecule has 1 fully saturated rings. The third kappa shape index (κ3) is 2.94. The summed E-state index contributed by atoms with van der Waals surface area (Å²) in [6, 6.07) is 4.04. The van der Waals surface area contributed by atoms with Crippen LogP contribution in [0.5, 0.6) is 0 Å². The average molecular weight is 370 g/mol. The van der Waals surface area contributed by atoms with Crippen molar-refractivity contribution < 1.29 is 19.1 Å². The predicted octanol–water partition coefficient (Wildman–Crippen LogP) is 0.440. The maximum absolute atomic E-state index is 12.5. The second-order valence-corrected chi connectivity index (χ2v) is 6.59. The summed E-state index contributed by atoms with van der Waals surface area (Å²) in [5.74, 6) is -0.574. The third-order valence-corrected chi connectivity index (χ3v) is 4.81. The van der Waals surface area contributed by atoms with E-state index >= 15 is 0 Å². The number of benzene rings is 1. The monoisotopic (exact) mass is 370 g/mol. The van der Waals surface area contributed by atoms with E-state index in [0.717, 1.165) is 17.7 Å². The first-order valence-electron chi connectivity index (χ1n) is 8.79. The Morgan fingerprint density at radius 1 is 1.26 bits per heavy atom. The van der Waals surface area contributed by atoms with Crippen LogP contribution >= 0.6 is 0 Å². The van der Waals surface area contributed by atoms with Gasteiger partial charge in [-0.05, 0) is 31.5 Å². The number of fused-ring (bicyclic) bond motifs is 2. The SMILES string of the molecule is C[C@@H](OC(=O)c1ccc2c(=O)n3c(nc2c1)CCC3)C(=O)N1CCNC1=O. The predicted molar refractivity (Wildman–Crippen MR) is 94.3 cm³/mol. The first-order valence-corrected chi connectivity index (χ1v) is 8.79. The number of urea groups is 1. The van der Waals surface area contributed by atoms with Gasteiger partial charge >= 0.3 is 12.0 Å². The molecule has 2 aliphatic heterocycles. The van der Waals surface area contributed by atoms with E-state index < -0.39 is 24.0 Å². The Hall–Kier alpha value is -3.23. The average Bonchev–Trinajstić information content (AvgIpc) is 3.29. The van der Waals surface area contributed by atoms with Crippen molar-refractivity contribution in [3.63, 3.8) is 0 Å². The number of rotatable bonds is 3. The van der Waals surface area contributed by atoms with E-state index in [1.54, 1.807) is 10.6 Å². The Morgan fingerprint density at radius 3 is 2.81 bits per heavy atom. The van der Waals surface area contributed by atoms with E-state index in [-0.39, 0.29) is 17.7 Å². The lowest BCUT2D eigenvalue weighted by Crippen LogP contribution is -2.41. The van der Waals surface area contributed by atoms with Gasteiger partial charge in [0.25, 0.3) is 11.5 Å². The number of carbonyl (C=O) groups is 3. The Labute approximate surface area is 153 Å². The standard InChI is InChI=1S/C18H18N4O5/c1-10(15(23)22-8-6-19-18(22)26)27-17(25)11-4-5-12-13(9-11)20-14-3-2-7-21(14)16(12)24/h4-5,9-10H,2-3,6-8H2,1H3,(H,19,26)/t10-/m1/s1. The van der Waals surface area contributed by atoms with Crippen molar-refractivity contribution in [2.75, 3.05) is 13.1 Å². The Kier molecular flexibility index (Phi) is 4.14. The van der Waals surface area contributed by atoms with Crippen molar-refractivity contribution >= 4 is 28.8 Å². The van der Waals surface area contributed by atoms with Gasteiger partial charge in [-0.2, -0.15) is 0 Å². The normalized spacial score (nSPS) is 16.9. The van der Waals surface area contributed by atoms with Gasteiger partial charge in [0, 0.05) is 26.1 Å². The molecule has 1 aromatic carbocycles. The highest BCUT2D eigenvalue weighted by atomic mass is 16.5. The summed E-state index contributed by atoms with van der Waals surface area (Å²) in [6.45, 7) is 2.70. The highest BCUT2D eigenvalue weighted by molar-refractivity contribution is 6.00. The van der Waals surface area contributed by atoms with Crippen LogP contribution in [-0.2, 0) is 22.5 Å². The second-order valence-electron chi connectivity index (χ2n) is 6.59. The summed E-state index contributed by atoms with van der Waals surface area (Å²) in [5.41, 5.74) is 0.513. The van der Waals surface area contributed by atoms with E-state index in [1.807, 2.05) is 0 Å². The van der Waals surface area contributed by atoms with Crippen LogP contribution in [0, 0.1) is 0 Å². The molecule has 0 saturated carbocycles. The number of ether oxygens (including phenoxy) is 1. The van der Waals surface area contributed by atoms with E-state index in [9.17, 15) is 19.2 Å². The fourth-order valence-electron chi connectivity index (χ4n) is 3.39. The number of imide groups is 1. The molecule has 2 aliphatic rings. The molecule has 0 aliphatic carbocycles. The molecular formula is C18H18N4O5. The van der Waals surface area contributed by atoms with Crippen molar-refractivity contribution in [1.82, 2.24) is 19.8 Å². The quantitative estimate of drug-likeness (QED) is 0.785. The summed E-state index contributed by atoms with van der Waals surface area (Å²) in [4.78, 5) is 54.2. The number of amides is 3. The molecule has 1 saturated heterocycles.